The molecule has 3 rings (SSSR count). The summed E-state index contributed by atoms with van der Waals surface area (Å²) >= 11 is 0. The number of aromatic nitrogens is 3. The molecule has 0 aliphatic heterocycles. The van der Waals surface area contributed by atoms with E-state index in [-0.39, 0.29) is 5.82 Å². The highest BCUT2D eigenvalue weighted by Crippen LogP contribution is 2.24. The summed E-state index contributed by atoms with van der Waals surface area (Å²) in [6.45, 7) is 0. The summed E-state index contributed by atoms with van der Waals surface area (Å²) in [6, 6.07) is 15.3. The van der Waals surface area contributed by atoms with Gasteiger partial charge in [0.2, 0.25) is 11.9 Å². The van der Waals surface area contributed by atoms with E-state index < -0.39 is 0 Å². The minimum Gasteiger partial charge on any atom is -0.324 e. The van der Waals surface area contributed by atoms with E-state index >= 15 is 0 Å². The van der Waals surface area contributed by atoms with E-state index in [1.165, 1.54) is 12.1 Å². The van der Waals surface area contributed by atoms with Gasteiger partial charge in [0.05, 0.1) is 11.6 Å². The molecule has 1 heterocycles. The standard InChI is InChI=1S/C17H15FN6/c1-23(15-8-6-13(18)7-9-15)17-22-21-16(24(17)2)20-14-5-3-4-12(10-14)11-19/h3-10H,1-2H3,(H,20,21). The molecule has 1 aromatic heterocycles. The number of nitriles is 1. The molecular weight excluding hydrogens is 307 g/mol. The average Bonchev–Trinajstić information content (AvgIpc) is 2.96. The van der Waals surface area contributed by atoms with Crippen molar-refractivity contribution in [2.45, 2.75) is 0 Å². The van der Waals surface area contributed by atoms with Gasteiger partial charge in [-0.25, -0.2) is 4.39 Å². The van der Waals surface area contributed by atoms with Crippen LogP contribution in [0.1, 0.15) is 5.56 Å². The Morgan fingerprint density at radius 1 is 1.17 bits per heavy atom. The summed E-state index contributed by atoms with van der Waals surface area (Å²) in [4.78, 5) is 1.81. The van der Waals surface area contributed by atoms with E-state index in [1.807, 2.05) is 25.1 Å². The van der Waals surface area contributed by atoms with Crippen molar-refractivity contribution in [3.05, 3.63) is 59.9 Å². The lowest BCUT2D eigenvalue weighted by atomic mass is 10.2. The second-order valence-corrected chi connectivity index (χ2v) is 5.24. The molecule has 24 heavy (non-hydrogen) atoms. The van der Waals surface area contributed by atoms with E-state index in [0.717, 1.165) is 11.4 Å². The van der Waals surface area contributed by atoms with Gasteiger partial charge in [-0.3, -0.25) is 4.57 Å². The normalized spacial score (nSPS) is 10.2. The minimum absolute atomic E-state index is 0.287. The molecule has 0 fully saturated rings. The van der Waals surface area contributed by atoms with Crippen molar-refractivity contribution in [3.63, 3.8) is 0 Å². The van der Waals surface area contributed by atoms with E-state index in [0.29, 0.717) is 17.5 Å². The van der Waals surface area contributed by atoms with Crippen LogP contribution < -0.4 is 10.2 Å². The summed E-state index contributed by atoms with van der Waals surface area (Å²) in [7, 11) is 3.66. The van der Waals surface area contributed by atoms with Gasteiger partial charge in [-0.05, 0) is 42.5 Å². The van der Waals surface area contributed by atoms with Crippen LogP contribution in [0, 0.1) is 17.1 Å². The van der Waals surface area contributed by atoms with Crippen molar-refractivity contribution >= 4 is 23.3 Å². The maximum atomic E-state index is 13.1. The number of halogens is 1. The van der Waals surface area contributed by atoms with Gasteiger partial charge in [-0.15, -0.1) is 10.2 Å². The van der Waals surface area contributed by atoms with Crippen LogP contribution >= 0.6 is 0 Å². The molecule has 0 radical (unpaired) electrons. The Balaban J connectivity index is 1.85. The third-order valence-corrected chi connectivity index (χ3v) is 3.61. The number of benzene rings is 2. The van der Waals surface area contributed by atoms with E-state index in [9.17, 15) is 4.39 Å². The first-order valence-electron chi connectivity index (χ1n) is 7.24. The van der Waals surface area contributed by atoms with Crippen molar-refractivity contribution < 1.29 is 4.39 Å². The van der Waals surface area contributed by atoms with Gasteiger partial charge in [0, 0.05) is 25.5 Å². The molecule has 0 unspecified atom stereocenters. The summed E-state index contributed by atoms with van der Waals surface area (Å²) in [6.07, 6.45) is 0. The number of anilines is 4. The lowest BCUT2D eigenvalue weighted by molar-refractivity contribution is 0.628. The Kier molecular flexibility index (Phi) is 4.12. The van der Waals surface area contributed by atoms with Gasteiger partial charge in [-0.1, -0.05) is 6.07 Å². The van der Waals surface area contributed by atoms with Crippen LogP contribution in [0.4, 0.5) is 27.7 Å². The van der Waals surface area contributed by atoms with Crippen LogP contribution in [0.5, 0.6) is 0 Å². The molecule has 0 aliphatic carbocycles. The molecule has 0 aliphatic rings. The van der Waals surface area contributed by atoms with Gasteiger partial charge in [0.15, 0.2) is 0 Å². The molecule has 2 aromatic carbocycles. The Morgan fingerprint density at radius 2 is 1.92 bits per heavy atom. The topological polar surface area (TPSA) is 69.8 Å². The zero-order valence-corrected chi connectivity index (χ0v) is 13.2. The van der Waals surface area contributed by atoms with Crippen LogP contribution in [0.25, 0.3) is 0 Å². The minimum atomic E-state index is -0.287. The molecule has 0 bridgehead atoms. The zero-order chi connectivity index (χ0) is 17.1. The number of hydrogen-bond acceptors (Lipinski definition) is 5. The third kappa shape index (κ3) is 3.03. The van der Waals surface area contributed by atoms with Crippen molar-refractivity contribution in [2.24, 2.45) is 7.05 Å². The summed E-state index contributed by atoms with van der Waals surface area (Å²) in [5.74, 6) is 0.847. The Labute approximate surface area is 138 Å². The van der Waals surface area contributed by atoms with E-state index in [4.69, 9.17) is 5.26 Å². The first kappa shape index (κ1) is 15.5. The smallest absolute Gasteiger partial charge is 0.232 e. The van der Waals surface area contributed by atoms with Crippen molar-refractivity contribution in [2.75, 3.05) is 17.3 Å². The quantitative estimate of drug-likeness (QED) is 0.798. The lowest BCUT2D eigenvalue weighted by Gasteiger charge is -2.18. The summed E-state index contributed by atoms with van der Waals surface area (Å²) in [5, 5.41) is 20.4. The van der Waals surface area contributed by atoms with Gasteiger partial charge < -0.3 is 10.2 Å². The highest BCUT2D eigenvalue weighted by molar-refractivity contribution is 5.61. The SMILES string of the molecule is CN(c1ccc(F)cc1)c1nnc(Nc2cccc(C#N)c2)n1C. The molecule has 7 heteroatoms. The summed E-state index contributed by atoms with van der Waals surface area (Å²) in [5.41, 5.74) is 2.11. The van der Waals surface area contributed by atoms with Crippen LogP contribution in [-0.4, -0.2) is 21.8 Å². The van der Waals surface area contributed by atoms with E-state index in [2.05, 4.69) is 21.6 Å². The molecule has 0 saturated heterocycles. The monoisotopic (exact) mass is 322 g/mol. The van der Waals surface area contributed by atoms with Crippen LogP contribution in [0.3, 0.4) is 0 Å². The van der Waals surface area contributed by atoms with Gasteiger partial charge >= 0.3 is 0 Å². The molecule has 0 atom stereocenters. The number of nitrogens with one attached hydrogen (secondary N) is 1. The number of nitrogens with zero attached hydrogens (tertiary/aromatic N) is 5. The summed E-state index contributed by atoms with van der Waals surface area (Å²) < 4.78 is 14.8. The predicted octanol–water partition coefficient (Wildman–Crippen LogP) is 3.34. The predicted molar refractivity (Wildman–Crippen MR) is 89.9 cm³/mol. The Hall–Kier alpha value is -3.40. The van der Waals surface area contributed by atoms with Gasteiger partial charge in [-0.2, -0.15) is 5.26 Å². The first-order chi connectivity index (χ1) is 11.6. The molecule has 120 valence electrons. The maximum absolute atomic E-state index is 13.1. The molecule has 3 aromatic rings. The molecule has 0 saturated carbocycles. The second-order valence-electron chi connectivity index (χ2n) is 5.24. The zero-order valence-electron chi connectivity index (χ0n) is 13.2. The number of hydrogen-bond donors (Lipinski definition) is 1. The highest BCUT2D eigenvalue weighted by atomic mass is 19.1. The van der Waals surface area contributed by atoms with Gasteiger partial charge in [0.1, 0.15) is 5.82 Å². The lowest BCUT2D eigenvalue weighted by Crippen LogP contribution is -2.14. The Morgan fingerprint density at radius 3 is 2.62 bits per heavy atom. The Bertz CT molecular complexity index is 894. The molecule has 0 spiro atoms. The van der Waals surface area contributed by atoms with Crippen LogP contribution in [-0.2, 0) is 7.05 Å². The first-order valence-corrected chi connectivity index (χ1v) is 7.24. The van der Waals surface area contributed by atoms with Crippen molar-refractivity contribution in [1.29, 1.82) is 5.26 Å². The molecule has 1 N–H and O–H groups in total. The third-order valence-electron chi connectivity index (χ3n) is 3.61. The average molecular weight is 322 g/mol. The highest BCUT2D eigenvalue weighted by Gasteiger charge is 2.14. The molecular formula is C17H15FN6. The van der Waals surface area contributed by atoms with Crippen molar-refractivity contribution in [1.82, 2.24) is 14.8 Å². The van der Waals surface area contributed by atoms with Crippen molar-refractivity contribution in [3.8, 4) is 6.07 Å². The fourth-order valence-electron chi connectivity index (χ4n) is 2.30. The maximum Gasteiger partial charge on any atom is 0.232 e. The number of rotatable bonds is 4. The van der Waals surface area contributed by atoms with Crippen LogP contribution in [0.15, 0.2) is 48.5 Å². The fraction of sp³-hybridized carbons (Fsp3) is 0.118. The van der Waals surface area contributed by atoms with Crippen LogP contribution in [0.2, 0.25) is 0 Å². The largest absolute Gasteiger partial charge is 0.324 e. The van der Waals surface area contributed by atoms with Gasteiger partial charge in [0.25, 0.3) is 0 Å². The fourth-order valence-corrected chi connectivity index (χ4v) is 2.30. The second kappa shape index (κ2) is 6.38. The molecule has 0 amide bonds. The van der Waals surface area contributed by atoms with E-state index in [1.54, 1.807) is 34.9 Å². The molecule has 6 nitrogen and oxygen atoms in total.